The van der Waals surface area contributed by atoms with Crippen molar-refractivity contribution in [1.29, 1.82) is 0 Å². The molecule has 20 heavy (non-hydrogen) atoms. The van der Waals surface area contributed by atoms with E-state index in [1.54, 1.807) is 11.3 Å². The molecule has 2 N–H and O–H groups in total. The average Bonchev–Trinajstić information content (AvgIpc) is 3.07. The number of carbonyl (C=O) groups is 1. The molecule has 3 nitrogen and oxygen atoms in total. The smallest absolute Gasteiger partial charge is 0.237 e. The van der Waals surface area contributed by atoms with Crippen molar-refractivity contribution in [3.05, 3.63) is 22.4 Å². The number of fused-ring (bicyclic) bond motifs is 1. The van der Waals surface area contributed by atoms with Crippen molar-refractivity contribution in [2.75, 3.05) is 6.54 Å². The van der Waals surface area contributed by atoms with E-state index in [1.807, 2.05) is 0 Å². The molecule has 1 saturated heterocycles. The summed E-state index contributed by atoms with van der Waals surface area (Å²) in [5, 5.41) is 10.8. The molecule has 1 aromatic rings. The Kier molecular flexibility index (Phi) is 5.87. The lowest BCUT2D eigenvalue weighted by atomic mass is 9.85. The van der Waals surface area contributed by atoms with Crippen LogP contribution in [-0.2, 0) is 11.2 Å². The Balaban J connectivity index is 0.00000147. The van der Waals surface area contributed by atoms with Gasteiger partial charge in [-0.3, -0.25) is 4.79 Å². The summed E-state index contributed by atoms with van der Waals surface area (Å²) in [4.78, 5) is 12.1. The minimum absolute atomic E-state index is 0. The zero-order valence-electron chi connectivity index (χ0n) is 11.6. The van der Waals surface area contributed by atoms with Gasteiger partial charge in [-0.2, -0.15) is 11.3 Å². The van der Waals surface area contributed by atoms with Gasteiger partial charge in [0.25, 0.3) is 0 Å². The Morgan fingerprint density at radius 3 is 3.00 bits per heavy atom. The maximum absolute atomic E-state index is 12.1. The summed E-state index contributed by atoms with van der Waals surface area (Å²) in [5.41, 5.74) is 1.32. The second-order valence-electron chi connectivity index (χ2n) is 5.78. The summed E-state index contributed by atoms with van der Waals surface area (Å²) in [6, 6.07) is 2.77. The van der Waals surface area contributed by atoms with Crippen molar-refractivity contribution in [1.82, 2.24) is 10.6 Å². The van der Waals surface area contributed by atoms with Crippen molar-refractivity contribution in [3.63, 3.8) is 0 Å². The van der Waals surface area contributed by atoms with Crippen LogP contribution in [0.5, 0.6) is 0 Å². The van der Waals surface area contributed by atoms with Gasteiger partial charge < -0.3 is 10.6 Å². The van der Waals surface area contributed by atoms with Crippen LogP contribution in [0.3, 0.4) is 0 Å². The Morgan fingerprint density at radius 2 is 2.25 bits per heavy atom. The molecule has 3 atom stereocenters. The molecule has 0 aromatic carbocycles. The van der Waals surface area contributed by atoms with Crippen LogP contribution in [-0.4, -0.2) is 24.5 Å². The van der Waals surface area contributed by atoms with Gasteiger partial charge in [0, 0.05) is 12.6 Å². The highest BCUT2D eigenvalue weighted by atomic mass is 35.5. The highest BCUT2D eigenvalue weighted by Crippen LogP contribution is 2.33. The molecule has 1 aromatic heterocycles. The molecule has 2 aliphatic rings. The van der Waals surface area contributed by atoms with Crippen molar-refractivity contribution in [3.8, 4) is 0 Å². The van der Waals surface area contributed by atoms with Crippen LogP contribution in [0.1, 0.15) is 37.7 Å². The molecule has 1 saturated carbocycles. The second-order valence-corrected chi connectivity index (χ2v) is 6.56. The van der Waals surface area contributed by atoms with Crippen molar-refractivity contribution < 1.29 is 4.79 Å². The zero-order valence-corrected chi connectivity index (χ0v) is 13.3. The van der Waals surface area contributed by atoms with E-state index in [0.29, 0.717) is 6.04 Å². The van der Waals surface area contributed by atoms with E-state index >= 15 is 0 Å². The summed E-state index contributed by atoms with van der Waals surface area (Å²) in [6.45, 7) is 0.753. The van der Waals surface area contributed by atoms with Crippen LogP contribution in [0.4, 0.5) is 0 Å². The van der Waals surface area contributed by atoms with Crippen LogP contribution in [0.2, 0.25) is 0 Å². The first-order chi connectivity index (χ1) is 9.33. The fourth-order valence-corrected chi connectivity index (χ4v) is 4.11. The summed E-state index contributed by atoms with van der Waals surface area (Å²) in [5.74, 6) is 0.936. The summed E-state index contributed by atoms with van der Waals surface area (Å²) in [6.07, 6.45) is 7.19. The highest BCUT2D eigenvalue weighted by Gasteiger charge is 2.37. The van der Waals surface area contributed by atoms with Gasteiger partial charge in [-0.25, -0.2) is 0 Å². The Bertz CT molecular complexity index is 410. The second kappa shape index (κ2) is 7.43. The van der Waals surface area contributed by atoms with Gasteiger partial charge >= 0.3 is 0 Å². The first-order valence-corrected chi connectivity index (χ1v) is 8.32. The molecular formula is C15H23ClN2OS. The molecule has 2 fully saturated rings. The minimum Gasteiger partial charge on any atom is -0.354 e. The molecule has 1 aliphatic heterocycles. The first kappa shape index (κ1) is 15.8. The number of halogens is 1. The van der Waals surface area contributed by atoms with Crippen molar-refractivity contribution >= 4 is 29.7 Å². The molecule has 3 unspecified atom stereocenters. The molecule has 112 valence electrons. The van der Waals surface area contributed by atoms with Gasteiger partial charge in [0.1, 0.15) is 0 Å². The number of thiophene rings is 1. The molecule has 0 bridgehead atoms. The summed E-state index contributed by atoms with van der Waals surface area (Å²) >= 11 is 1.71. The van der Waals surface area contributed by atoms with Gasteiger partial charge in [0.15, 0.2) is 0 Å². The van der Waals surface area contributed by atoms with Crippen molar-refractivity contribution in [2.45, 2.75) is 50.6 Å². The lowest BCUT2D eigenvalue weighted by Crippen LogP contribution is -2.43. The molecule has 1 amide bonds. The lowest BCUT2D eigenvalue weighted by Gasteiger charge is -2.24. The maximum atomic E-state index is 12.1. The first-order valence-electron chi connectivity index (χ1n) is 7.38. The summed E-state index contributed by atoms with van der Waals surface area (Å²) in [7, 11) is 0. The van der Waals surface area contributed by atoms with Gasteiger partial charge in [0.2, 0.25) is 5.91 Å². The quantitative estimate of drug-likeness (QED) is 0.897. The van der Waals surface area contributed by atoms with E-state index in [9.17, 15) is 4.79 Å². The molecule has 0 spiro atoms. The number of carbonyl (C=O) groups excluding carboxylic acids is 1. The Hall–Kier alpha value is -0.580. The van der Waals surface area contributed by atoms with Crippen LogP contribution in [0.25, 0.3) is 0 Å². The predicted molar refractivity (Wildman–Crippen MR) is 85.6 cm³/mol. The molecule has 5 heteroatoms. The topological polar surface area (TPSA) is 41.1 Å². The third-order valence-electron chi connectivity index (χ3n) is 4.47. The molecule has 3 rings (SSSR count). The van der Waals surface area contributed by atoms with Gasteiger partial charge in [0.05, 0.1) is 6.04 Å². The van der Waals surface area contributed by atoms with E-state index in [0.717, 1.165) is 25.3 Å². The van der Waals surface area contributed by atoms with E-state index < -0.39 is 0 Å². The van der Waals surface area contributed by atoms with Gasteiger partial charge in [-0.15, -0.1) is 12.4 Å². The summed E-state index contributed by atoms with van der Waals surface area (Å²) < 4.78 is 0. The Morgan fingerprint density at radius 1 is 1.40 bits per heavy atom. The number of hydrogen-bond acceptors (Lipinski definition) is 3. The van der Waals surface area contributed by atoms with E-state index in [2.05, 4.69) is 27.5 Å². The number of nitrogens with one attached hydrogen (secondary N) is 2. The fourth-order valence-electron chi connectivity index (χ4n) is 3.41. The van der Waals surface area contributed by atoms with Crippen LogP contribution in [0, 0.1) is 5.92 Å². The fraction of sp³-hybridized carbons (Fsp3) is 0.667. The highest BCUT2D eigenvalue weighted by molar-refractivity contribution is 7.07. The normalized spacial score (nSPS) is 28.5. The number of hydrogen-bond donors (Lipinski definition) is 2. The molecular weight excluding hydrogens is 292 g/mol. The largest absolute Gasteiger partial charge is 0.354 e. The van der Waals surface area contributed by atoms with E-state index in [-0.39, 0.29) is 24.4 Å². The van der Waals surface area contributed by atoms with Gasteiger partial charge in [-0.05, 0) is 54.0 Å². The van der Waals surface area contributed by atoms with Crippen molar-refractivity contribution in [2.24, 2.45) is 5.92 Å². The van der Waals surface area contributed by atoms with Crippen LogP contribution < -0.4 is 10.6 Å². The van der Waals surface area contributed by atoms with Gasteiger partial charge in [-0.1, -0.05) is 12.8 Å². The lowest BCUT2D eigenvalue weighted by molar-refractivity contribution is -0.122. The SMILES string of the molecule is Cl.O=C(NCCc1ccsc1)C1CC2CCCCC2N1. The Labute approximate surface area is 130 Å². The van der Waals surface area contributed by atoms with Crippen LogP contribution >= 0.6 is 23.7 Å². The molecule has 2 heterocycles. The van der Waals surface area contributed by atoms with E-state index in [1.165, 1.54) is 31.2 Å². The minimum atomic E-state index is 0. The third-order valence-corrected chi connectivity index (χ3v) is 5.20. The number of amides is 1. The number of rotatable bonds is 4. The standard InChI is InChI=1S/C15H22N2OS.ClH/c18-15(16-7-5-11-6-8-19-10-11)14-9-12-3-1-2-4-13(12)17-14;/h6,8,10,12-14,17H,1-5,7,9H2,(H,16,18);1H. The zero-order chi connectivity index (χ0) is 13.1. The maximum Gasteiger partial charge on any atom is 0.237 e. The molecule has 0 radical (unpaired) electrons. The van der Waals surface area contributed by atoms with Crippen LogP contribution in [0.15, 0.2) is 16.8 Å². The monoisotopic (exact) mass is 314 g/mol. The van der Waals surface area contributed by atoms with E-state index in [4.69, 9.17) is 0 Å². The average molecular weight is 315 g/mol. The molecule has 1 aliphatic carbocycles. The third kappa shape index (κ3) is 3.74. The predicted octanol–water partition coefficient (Wildman–Crippen LogP) is 2.75.